The molecule has 0 N–H and O–H groups in total. The highest BCUT2D eigenvalue weighted by molar-refractivity contribution is 6.16. The second kappa shape index (κ2) is 11.1. The Morgan fingerprint density at radius 1 is 0.407 bits per heavy atom. The van der Waals surface area contributed by atoms with Gasteiger partial charge >= 0.3 is 0 Å². The van der Waals surface area contributed by atoms with Gasteiger partial charge in [-0.1, -0.05) is 109 Å². The van der Waals surface area contributed by atoms with Crippen LogP contribution < -0.4 is 4.90 Å². The highest BCUT2D eigenvalue weighted by Crippen LogP contribution is 2.52. The van der Waals surface area contributed by atoms with Crippen LogP contribution in [0.5, 0.6) is 0 Å². The number of hydrogen-bond donors (Lipinski definition) is 0. The van der Waals surface area contributed by atoms with Crippen LogP contribution in [-0.2, 0) is 0 Å². The summed E-state index contributed by atoms with van der Waals surface area (Å²) in [5, 5.41) is 10.5. The third-order valence-corrected chi connectivity index (χ3v) is 11.1. The minimum absolute atomic E-state index is 0.701. The van der Waals surface area contributed by atoms with Crippen molar-refractivity contribution in [3.63, 3.8) is 0 Å². The van der Waals surface area contributed by atoms with Crippen LogP contribution in [0.4, 0.5) is 17.1 Å². The number of furan rings is 1. The highest BCUT2D eigenvalue weighted by Gasteiger charge is 2.26. The van der Waals surface area contributed by atoms with Gasteiger partial charge in [0.25, 0.3) is 0 Å². The molecule has 250 valence electrons. The fourth-order valence-corrected chi connectivity index (χ4v) is 8.58. The first kappa shape index (κ1) is 29.3. The van der Waals surface area contributed by atoms with Gasteiger partial charge in [0.05, 0.1) is 22.6 Å². The van der Waals surface area contributed by atoms with Gasteiger partial charge in [0, 0.05) is 43.9 Å². The van der Waals surface area contributed by atoms with E-state index in [-0.39, 0.29) is 0 Å². The summed E-state index contributed by atoms with van der Waals surface area (Å²) in [5.74, 6) is 0.701. The molecule has 0 aliphatic carbocycles. The fourth-order valence-electron chi connectivity index (χ4n) is 8.58. The van der Waals surface area contributed by atoms with Crippen molar-refractivity contribution in [2.24, 2.45) is 0 Å². The average Bonchev–Trinajstić information content (AvgIpc) is 3.61. The average molecular weight is 688 g/mol. The van der Waals surface area contributed by atoms with Crippen LogP contribution in [0.15, 0.2) is 180 Å². The van der Waals surface area contributed by atoms with Crippen LogP contribution >= 0.6 is 0 Å². The Hall–Kier alpha value is -7.30. The predicted molar refractivity (Wildman–Crippen MR) is 224 cm³/mol. The van der Waals surface area contributed by atoms with E-state index in [1.807, 2.05) is 18.2 Å². The molecule has 12 rings (SSSR count). The summed E-state index contributed by atoms with van der Waals surface area (Å²) in [7, 11) is 0. The monoisotopic (exact) mass is 687 g/mol. The second-order valence-electron chi connectivity index (χ2n) is 14.2. The molecule has 0 atom stereocenters. The number of hydrogen-bond acceptors (Lipinski definition) is 4. The lowest BCUT2D eigenvalue weighted by atomic mass is 9.89. The molecule has 0 bridgehead atoms. The standard InChI is InChI=1S/C50H29N3O/c1-2-10-32-29-45-41(27-31(32)9-1)39-15-7-11-30-12-8-17-44(48(30)39)53(45)37-23-21-33-25-36(20-19-34(33)26-37)50-51-43-16-5-3-14-40(43)49(52-50)35-22-24-47-42(28-35)38-13-4-6-18-46(38)54-47/h1-29H. The molecule has 0 spiro atoms. The van der Waals surface area contributed by atoms with E-state index in [1.165, 1.54) is 44.0 Å². The van der Waals surface area contributed by atoms with Crippen LogP contribution in [0.2, 0.25) is 0 Å². The Bertz CT molecular complexity index is 3350. The Balaban J connectivity index is 0.998. The Kier molecular flexibility index (Phi) is 6.02. The normalized spacial score (nSPS) is 12.4. The molecule has 0 fully saturated rings. The smallest absolute Gasteiger partial charge is 0.160 e. The maximum absolute atomic E-state index is 6.14. The third kappa shape index (κ3) is 4.31. The number of rotatable bonds is 3. The predicted octanol–water partition coefficient (Wildman–Crippen LogP) is 13.8. The minimum atomic E-state index is 0.701. The van der Waals surface area contributed by atoms with Gasteiger partial charge in [-0.15, -0.1) is 0 Å². The van der Waals surface area contributed by atoms with Crippen LogP contribution in [0.1, 0.15) is 0 Å². The lowest BCUT2D eigenvalue weighted by Crippen LogP contribution is -2.15. The molecule has 11 aromatic rings. The summed E-state index contributed by atoms with van der Waals surface area (Å²) in [6.45, 7) is 0. The van der Waals surface area contributed by atoms with Crippen molar-refractivity contribution in [1.29, 1.82) is 0 Å². The van der Waals surface area contributed by atoms with E-state index < -0.39 is 0 Å². The lowest BCUT2D eigenvalue weighted by molar-refractivity contribution is 0.669. The van der Waals surface area contributed by atoms with Crippen LogP contribution in [0.3, 0.4) is 0 Å². The zero-order valence-electron chi connectivity index (χ0n) is 29.0. The van der Waals surface area contributed by atoms with Gasteiger partial charge in [-0.3, -0.25) is 0 Å². The molecule has 3 heterocycles. The van der Waals surface area contributed by atoms with Crippen molar-refractivity contribution in [1.82, 2.24) is 9.97 Å². The summed E-state index contributed by atoms with van der Waals surface area (Å²) in [4.78, 5) is 12.8. The summed E-state index contributed by atoms with van der Waals surface area (Å²) < 4.78 is 6.14. The Morgan fingerprint density at radius 2 is 1.11 bits per heavy atom. The van der Waals surface area contributed by atoms with Gasteiger partial charge in [0.15, 0.2) is 5.82 Å². The van der Waals surface area contributed by atoms with E-state index in [2.05, 4.69) is 163 Å². The summed E-state index contributed by atoms with van der Waals surface area (Å²) >= 11 is 0. The number of fused-ring (bicyclic) bond motifs is 8. The number of para-hydroxylation sites is 2. The molecule has 2 aromatic heterocycles. The van der Waals surface area contributed by atoms with E-state index >= 15 is 0 Å². The minimum Gasteiger partial charge on any atom is -0.456 e. The van der Waals surface area contributed by atoms with Crippen molar-refractivity contribution in [3.05, 3.63) is 176 Å². The molecule has 54 heavy (non-hydrogen) atoms. The molecule has 0 unspecified atom stereocenters. The summed E-state index contributed by atoms with van der Waals surface area (Å²) in [5.41, 5.74) is 11.6. The van der Waals surface area contributed by atoms with Crippen LogP contribution in [0, 0.1) is 0 Å². The summed E-state index contributed by atoms with van der Waals surface area (Å²) in [6, 6.07) is 62.8. The molecule has 0 radical (unpaired) electrons. The van der Waals surface area contributed by atoms with Crippen molar-refractivity contribution in [3.8, 4) is 33.8 Å². The fraction of sp³-hybridized carbons (Fsp3) is 0. The largest absolute Gasteiger partial charge is 0.456 e. The number of anilines is 3. The van der Waals surface area contributed by atoms with E-state index in [9.17, 15) is 0 Å². The van der Waals surface area contributed by atoms with E-state index in [1.54, 1.807) is 0 Å². The van der Waals surface area contributed by atoms with E-state index in [4.69, 9.17) is 14.4 Å². The van der Waals surface area contributed by atoms with Crippen LogP contribution in [0.25, 0.3) is 98.9 Å². The van der Waals surface area contributed by atoms with Crippen molar-refractivity contribution >= 4 is 82.2 Å². The molecule has 0 saturated heterocycles. The van der Waals surface area contributed by atoms with E-state index in [0.29, 0.717) is 5.82 Å². The molecule has 9 aromatic carbocycles. The summed E-state index contributed by atoms with van der Waals surface area (Å²) in [6.07, 6.45) is 0. The molecular formula is C50H29N3O. The molecule has 4 nitrogen and oxygen atoms in total. The van der Waals surface area contributed by atoms with E-state index in [0.717, 1.165) is 66.1 Å². The highest BCUT2D eigenvalue weighted by atomic mass is 16.3. The van der Waals surface area contributed by atoms with Gasteiger partial charge < -0.3 is 9.32 Å². The molecule has 1 aliphatic rings. The maximum Gasteiger partial charge on any atom is 0.160 e. The van der Waals surface area contributed by atoms with Crippen LogP contribution in [-0.4, -0.2) is 9.97 Å². The molecule has 0 amide bonds. The first-order valence-electron chi connectivity index (χ1n) is 18.3. The second-order valence-corrected chi connectivity index (χ2v) is 14.2. The van der Waals surface area contributed by atoms with Gasteiger partial charge in [0.2, 0.25) is 0 Å². The number of aromatic nitrogens is 2. The van der Waals surface area contributed by atoms with Crippen molar-refractivity contribution in [2.45, 2.75) is 0 Å². The van der Waals surface area contributed by atoms with Gasteiger partial charge in [-0.2, -0.15) is 0 Å². The number of nitrogens with zero attached hydrogens (tertiary/aromatic N) is 3. The Labute approximate surface area is 310 Å². The molecule has 1 aliphatic heterocycles. The number of benzene rings is 9. The van der Waals surface area contributed by atoms with Crippen molar-refractivity contribution < 1.29 is 4.42 Å². The maximum atomic E-state index is 6.14. The zero-order valence-corrected chi connectivity index (χ0v) is 29.0. The molecular weight excluding hydrogens is 659 g/mol. The van der Waals surface area contributed by atoms with Gasteiger partial charge in [-0.25, -0.2) is 9.97 Å². The third-order valence-electron chi connectivity index (χ3n) is 11.1. The molecule has 0 saturated carbocycles. The zero-order chi connectivity index (χ0) is 35.3. The first-order chi connectivity index (χ1) is 26.7. The Morgan fingerprint density at radius 3 is 2.04 bits per heavy atom. The van der Waals surface area contributed by atoms with Crippen molar-refractivity contribution in [2.75, 3.05) is 4.90 Å². The topological polar surface area (TPSA) is 42.2 Å². The first-order valence-corrected chi connectivity index (χ1v) is 18.3. The molecule has 4 heteroatoms. The van der Waals surface area contributed by atoms with Gasteiger partial charge in [-0.05, 0) is 99.2 Å². The quantitative estimate of drug-likeness (QED) is 0.185. The SMILES string of the molecule is c1ccc2cc3c(cc2c1)-c1cccc2cccc(c12)N3c1ccc2cc(-c3nc(-c4ccc5oc6ccccc6c5c4)c4ccccc4n3)ccc2c1. The lowest BCUT2D eigenvalue weighted by Gasteiger charge is -2.34. The van der Waals surface area contributed by atoms with Gasteiger partial charge in [0.1, 0.15) is 11.2 Å².